The van der Waals surface area contributed by atoms with Crippen molar-refractivity contribution in [3.8, 4) is 0 Å². The van der Waals surface area contributed by atoms with Crippen LogP contribution in [0.5, 0.6) is 0 Å². The Bertz CT molecular complexity index is 719. The van der Waals surface area contributed by atoms with Crippen LogP contribution in [0.3, 0.4) is 0 Å². The van der Waals surface area contributed by atoms with Crippen LogP contribution >= 0.6 is 11.3 Å². The molecule has 0 N–H and O–H groups in total. The van der Waals surface area contributed by atoms with Crippen molar-refractivity contribution in [3.63, 3.8) is 0 Å². The smallest absolute Gasteiger partial charge is 0.338 e. The van der Waals surface area contributed by atoms with Gasteiger partial charge in [-0.25, -0.2) is 0 Å². The number of halogens is 3. The molecule has 0 spiro atoms. The molecule has 8 heteroatoms. The van der Waals surface area contributed by atoms with Crippen LogP contribution in [0.1, 0.15) is 35.1 Å². The lowest BCUT2D eigenvalue weighted by Crippen LogP contribution is -2.38. The summed E-state index contributed by atoms with van der Waals surface area (Å²) in [7, 11) is 1.46. The molecule has 1 saturated heterocycles. The van der Waals surface area contributed by atoms with Gasteiger partial charge in [0.05, 0.1) is 4.88 Å². The third-order valence-electron chi connectivity index (χ3n) is 3.94. The molecule has 1 atom stereocenters. The number of nitrogens with zero attached hydrogens (tertiary/aromatic N) is 3. The molecule has 2 aromatic heterocycles. The SMILES string of the molecule is C[C@@H]1CCCN(C(=O)c2cc3c(C(F)(F)F)nn(C)c3s2)C1. The van der Waals surface area contributed by atoms with E-state index in [1.165, 1.54) is 17.8 Å². The highest BCUT2D eigenvalue weighted by atomic mass is 32.1. The molecule has 0 saturated carbocycles. The highest BCUT2D eigenvalue weighted by Crippen LogP contribution is 2.37. The Labute approximate surface area is 129 Å². The first kappa shape index (κ1) is 15.3. The van der Waals surface area contributed by atoms with Crippen molar-refractivity contribution in [2.45, 2.75) is 25.9 Å². The number of likely N-dealkylation sites (tertiary alicyclic amines) is 1. The molecular weight excluding hydrogens is 315 g/mol. The maximum atomic E-state index is 13.0. The lowest BCUT2D eigenvalue weighted by atomic mass is 10.0. The number of amides is 1. The number of aromatic nitrogens is 2. The van der Waals surface area contributed by atoms with Gasteiger partial charge >= 0.3 is 6.18 Å². The van der Waals surface area contributed by atoms with Crippen LogP contribution < -0.4 is 0 Å². The summed E-state index contributed by atoms with van der Waals surface area (Å²) >= 11 is 1.07. The molecular formula is C14H16F3N3OS. The van der Waals surface area contributed by atoms with Gasteiger partial charge in [0.2, 0.25) is 0 Å². The quantitative estimate of drug-likeness (QED) is 0.802. The number of carbonyl (C=O) groups excluding carboxylic acids is 1. The topological polar surface area (TPSA) is 38.1 Å². The fourth-order valence-electron chi connectivity index (χ4n) is 2.89. The van der Waals surface area contributed by atoms with Crippen LogP contribution in [0, 0.1) is 5.92 Å². The molecule has 3 rings (SSSR count). The fraction of sp³-hybridized carbons (Fsp3) is 0.571. The second kappa shape index (κ2) is 5.26. The summed E-state index contributed by atoms with van der Waals surface area (Å²) in [5, 5.41) is 3.53. The number of hydrogen-bond acceptors (Lipinski definition) is 3. The van der Waals surface area contributed by atoms with Gasteiger partial charge in [0.15, 0.2) is 5.69 Å². The summed E-state index contributed by atoms with van der Waals surface area (Å²) < 4.78 is 40.1. The average Bonchev–Trinajstić information content (AvgIpc) is 2.98. The molecule has 120 valence electrons. The monoisotopic (exact) mass is 331 g/mol. The van der Waals surface area contributed by atoms with Gasteiger partial charge < -0.3 is 4.90 Å². The predicted molar refractivity (Wildman–Crippen MR) is 77.9 cm³/mol. The number of piperidine rings is 1. The Morgan fingerprint density at radius 3 is 2.82 bits per heavy atom. The lowest BCUT2D eigenvalue weighted by Gasteiger charge is -2.30. The second-order valence-electron chi connectivity index (χ2n) is 5.80. The van der Waals surface area contributed by atoms with Crippen LogP contribution in [0.4, 0.5) is 13.2 Å². The predicted octanol–water partition coefficient (Wildman–Crippen LogP) is 3.53. The molecule has 1 aliphatic rings. The maximum Gasteiger partial charge on any atom is 0.435 e. The van der Waals surface area contributed by atoms with Gasteiger partial charge in [0.1, 0.15) is 4.83 Å². The Morgan fingerprint density at radius 1 is 1.45 bits per heavy atom. The zero-order valence-corrected chi connectivity index (χ0v) is 13.1. The number of thiophene rings is 1. The number of alkyl halides is 3. The summed E-state index contributed by atoms with van der Waals surface area (Å²) in [6.45, 7) is 3.41. The zero-order chi connectivity index (χ0) is 16.1. The van der Waals surface area contributed by atoms with Gasteiger partial charge in [0.25, 0.3) is 5.91 Å². The second-order valence-corrected chi connectivity index (χ2v) is 6.83. The van der Waals surface area contributed by atoms with E-state index in [9.17, 15) is 18.0 Å². The van der Waals surface area contributed by atoms with E-state index in [2.05, 4.69) is 12.0 Å². The molecule has 3 heterocycles. The molecule has 0 aliphatic carbocycles. The molecule has 2 aromatic rings. The van der Waals surface area contributed by atoms with Crippen molar-refractivity contribution in [3.05, 3.63) is 16.6 Å². The number of rotatable bonds is 1. The van der Waals surface area contributed by atoms with Gasteiger partial charge in [-0.15, -0.1) is 11.3 Å². The standard InChI is InChI=1S/C14H16F3N3OS/c1-8-4-3-5-20(7-8)12(21)10-6-9-11(14(15,16)17)18-19(2)13(9)22-10/h6,8H,3-5,7H2,1-2H3/t8-/m1/s1. The van der Waals surface area contributed by atoms with E-state index < -0.39 is 11.9 Å². The van der Waals surface area contributed by atoms with Crippen molar-refractivity contribution in [1.29, 1.82) is 0 Å². The molecule has 1 fully saturated rings. The van der Waals surface area contributed by atoms with Gasteiger partial charge in [0, 0.05) is 25.5 Å². The Kier molecular flexibility index (Phi) is 3.66. The maximum absolute atomic E-state index is 13.0. The van der Waals surface area contributed by atoms with Crippen molar-refractivity contribution in [1.82, 2.24) is 14.7 Å². The number of carbonyl (C=O) groups is 1. The van der Waals surface area contributed by atoms with E-state index in [1.807, 2.05) is 0 Å². The first-order chi connectivity index (χ1) is 10.3. The van der Waals surface area contributed by atoms with E-state index in [-0.39, 0.29) is 11.3 Å². The minimum atomic E-state index is -4.51. The van der Waals surface area contributed by atoms with E-state index >= 15 is 0 Å². The van der Waals surface area contributed by atoms with Gasteiger partial charge in [-0.1, -0.05) is 6.92 Å². The van der Waals surface area contributed by atoms with E-state index in [0.717, 1.165) is 24.2 Å². The third-order valence-corrected chi connectivity index (χ3v) is 5.12. The largest absolute Gasteiger partial charge is 0.435 e. The summed E-state index contributed by atoms with van der Waals surface area (Å²) in [5.74, 6) is 0.250. The Hall–Kier alpha value is -1.57. The van der Waals surface area contributed by atoms with Crippen LogP contribution in [0.25, 0.3) is 10.2 Å². The van der Waals surface area contributed by atoms with Crippen LogP contribution in [0.15, 0.2) is 6.07 Å². The average molecular weight is 331 g/mol. The molecule has 4 nitrogen and oxygen atoms in total. The Morgan fingerprint density at radius 2 is 2.18 bits per heavy atom. The minimum Gasteiger partial charge on any atom is -0.338 e. The highest BCUT2D eigenvalue weighted by molar-refractivity contribution is 7.20. The molecule has 0 radical (unpaired) electrons. The molecule has 1 amide bonds. The summed E-state index contributed by atoms with van der Waals surface area (Å²) in [4.78, 5) is 15.0. The lowest BCUT2D eigenvalue weighted by molar-refractivity contribution is -0.140. The first-order valence-corrected chi connectivity index (χ1v) is 7.92. The van der Waals surface area contributed by atoms with Gasteiger partial charge in [-0.3, -0.25) is 9.48 Å². The Balaban J connectivity index is 1.97. The van der Waals surface area contributed by atoms with E-state index in [1.54, 1.807) is 4.90 Å². The summed E-state index contributed by atoms with van der Waals surface area (Å²) in [6.07, 6.45) is -2.49. The van der Waals surface area contributed by atoms with E-state index in [4.69, 9.17) is 0 Å². The number of hydrogen-bond donors (Lipinski definition) is 0. The number of aryl methyl sites for hydroxylation is 1. The van der Waals surface area contributed by atoms with E-state index in [0.29, 0.717) is 28.7 Å². The normalized spacial score (nSPS) is 19.9. The van der Waals surface area contributed by atoms with Crippen LogP contribution in [0.2, 0.25) is 0 Å². The first-order valence-electron chi connectivity index (χ1n) is 7.10. The van der Waals surface area contributed by atoms with Crippen LogP contribution in [-0.2, 0) is 13.2 Å². The summed E-state index contributed by atoms with van der Waals surface area (Å²) in [5.41, 5.74) is -0.924. The molecule has 1 aliphatic heterocycles. The zero-order valence-electron chi connectivity index (χ0n) is 12.3. The minimum absolute atomic E-state index is 0.00779. The summed E-state index contributed by atoms with van der Waals surface area (Å²) in [6, 6.07) is 1.33. The molecule has 0 aromatic carbocycles. The van der Waals surface area contributed by atoms with Crippen molar-refractivity contribution in [2.24, 2.45) is 13.0 Å². The molecule has 22 heavy (non-hydrogen) atoms. The van der Waals surface area contributed by atoms with Crippen molar-refractivity contribution < 1.29 is 18.0 Å². The van der Waals surface area contributed by atoms with Gasteiger partial charge in [-0.05, 0) is 24.8 Å². The molecule has 0 unspecified atom stereocenters. The highest BCUT2D eigenvalue weighted by Gasteiger charge is 2.38. The van der Waals surface area contributed by atoms with Crippen LogP contribution in [-0.4, -0.2) is 33.7 Å². The van der Waals surface area contributed by atoms with Crippen molar-refractivity contribution in [2.75, 3.05) is 13.1 Å². The fourth-order valence-corrected chi connectivity index (χ4v) is 3.93. The number of fused-ring (bicyclic) bond motifs is 1. The molecule has 0 bridgehead atoms. The van der Waals surface area contributed by atoms with Crippen molar-refractivity contribution >= 4 is 27.5 Å². The van der Waals surface area contributed by atoms with Gasteiger partial charge in [-0.2, -0.15) is 18.3 Å². The third kappa shape index (κ3) is 2.60.